The monoisotopic (exact) mass is 381 g/mol. The van der Waals surface area contributed by atoms with E-state index in [0.717, 1.165) is 81.5 Å². The molecular formula is C20H27N7O. The molecule has 2 saturated heterocycles. The molecule has 3 aliphatic rings. The lowest BCUT2D eigenvalue weighted by Crippen LogP contribution is -2.47. The Morgan fingerprint density at radius 3 is 1.93 bits per heavy atom. The maximum absolute atomic E-state index is 5.41. The van der Waals surface area contributed by atoms with Crippen LogP contribution < -0.4 is 14.7 Å². The van der Waals surface area contributed by atoms with E-state index in [2.05, 4.69) is 55.0 Å². The van der Waals surface area contributed by atoms with Crippen LogP contribution in [0.5, 0.6) is 0 Å². The van der Waals surface area contributed by atoms with Gasteiger partial charge in [-0.2, -0.15) is 0 Å². The topological polar surface area (TPSA) is 70.5 Å². The first kappa shape index (κ1) is 17.6. The number of nitrogens with zero attached hydrogens (tertiary/aromatic N) is 7. The molecule has 0 aromatic carbocycles. The van der Waals surface area contributed by atoms with Gasteiger partial charge in [-0.1, -0.05) is 0 Å². The van der Waals surface area contributed by atoms with Crippen molar-refractivity contribution in [3.8, 4) is 0 Å². The lowest BCUT2D eigenvalue weighted by atomic mass is 10.2. The zero-order valence-electron chi connectivity index (χ0n) is 16.4. The maximum Gasteiger partial charge on any atom is 0.151 e. The molecule has 1 saturated carbocycles. The Labute approximate surface area is 165 Å². The predicted octanol–water partition coefficient (Wildman–Crippen LogP) is 1.62. The maximum atomic E-state index is 5.41. The lowest BCUT2D eigenvalue weighted by Gasteiger charge is -2.36. The standard InChI is InChI=1S/C20H27N7O/c1-15-14-19(22-20(21-15)16-2-3-16)26-8-6-25(7-9-26)17-4-5-18(24-23-17)27-10-12-28-13-11-27/h4-5,14,16H,2-3,6-13H2,1H3. The van der Waals surface area contributed by atoms with E-state index in [4.69, 9.17) is 9.72 Å². The van der Waals surface area contributed by atoms with Gasteiger partial charge < -0.3 is 19.4 Å². The number of anilines is 3. The summed E-state index contributed by atoms with van der Waals surface area (Å²) in [4.78, 5) is 16.4. The fourth-order valence-corrected chi connectivity index (χ4v) is 3.87. The molecule has 4 heterocycles. The molecule has 0 unspecified atom stereocenters. The van der Waals surface area contributed by atoms with Crippen LogP contribution in [0, 0.1) is 6.92 Å². The number of rotatable bonds is 4. The van der Waals surface area contributed by atoms with Crippen molar-refractivity contribution in [2.75, 3.05) is 67.2 Å². The minimum Gasteiger partial charge on any atom is -0.378 e. The smallest absolute Gasteiger partial charge is 0.151 e. The molecule has 0 N–H and O–H groups in total. The minimum atomic E-state index is 0.584. The summed E-state index contributed by atoms with van der Waals surface area (Å²) in [6.07, 6.45) is 2.46. The quantitative estimate of drug-likeness (QED) is 0.791. The Morgan fingerprint density at radius 2 is 1.36 bits per heavy atom. The van der Waals surface area contributed by atoms with Gasteiger partial charge in [0, 0.05) is 56.9 Å². The van der Waals surface area contributed by atoms with Gasteiger partial charge >= 0.3 is 0 Å². The molecule has 0 radical (unpaired) electrons. The van der Waals surface area contributed by atoms with Gasteiger partial charge in [0.1, 0.15) is 11.6 Å². The summed E-state index contributed by atoms with van der Waals surface area (Å²) in [6, 6.07) is 6.28. The Hall–Kier alpha value is -2.48. The molecule has 0 spiro atoms. The van der Waals surface area contributed by atoms with Crippen LogP contribution in [0.3, 0.4) is 0 Å². The van der Waals surface area contributed by atoms with E-state index >= 15 is 0 Å². The molecule has 8 nitrogen and oxygen atoms in total. The summed E-state index contributed by atoms with van der Waals surface area (Å²) in [5, 5.41) is 8.93. The minimum absolute atomic E-state index is 0.584. The largest absolute Gasteiger partial charge is 0.378 e. The van der Waals surface area contributed by atoms with Crippen LogP contribution in [0.4, 0.5) is 17.5 Å². The van der Waals surface area contributed by atoms with Crippen molar-refractivity contribution < 1.29 is 4.74 Å². The molecule has 3 fully saturated rings. The lowest BCUT2D eigenvalue weighted by molar-refractivity contribution is 0.122. The van der Waals surface area contributed by atoms with Crippen molar-refractivity contribution in [3.63, 3.8) is 0 Å². The van der Waals surface area contributed by atoms with Crippen molar-refractivity contribution in [3.05, 3.63) is 29.7 Å². The molecule has 148 valence electrons. The third kappa shape index (κ3) is 3.73. The van der Waals surface area contributed by atoms with Crippen LogP contribution in [-0.2, 0) is 4.74 Å². The Balaban J connectivity index is 1.22. The predicted molar refractivity (Wildman–Crippen MR) is 108 cm³/mol. The normalized spacial score (nSPS) is 20.5. The molecule has 0 amide bonds. The van der Waals surface area contributed by atoms with Crippen LogP contribution in [0.25, 0.3) is 0 Å². The third-order valence-electron chi connectivity index (χ3n) is 5.70. The first-order chi connectivity index (χ1) is 13.8. The fraction of sp³-hybridized carbons (Fsp3) is 0.600. The molecule has 1 aliphatic carbocycles. The van der Waals surface area contributed by atoms with Gasteiger partial charge in [0.2, 0.25) is 0 Å². The van der Waals surface area contributed by atoms with Crippen molar-refractivity contribution in [2.45, 2.75) is 25.7 Å². The average Bonchev–Trinajstić information content (AvgIpc) is 3.60. The average molecular weight is 381 g/mol. The number of ether oxygens (including phenoxy) is 1. The summed E-state index contributed by atoms with van der Waals surface area (Å²) in [6.45, 7) is 9.08. The van der Waals surface area contributed by atoms with E-state index in [9.17, 15) is 0 Å². The number of morpholine rings is 1. The second kappa shape index (κ2) is 7.50. The van der Waals surface area contributed by atoms with Gasteiger partial charge in [-0.25, -0.2) is 9.97 Å². The molecule has 28 heavy (non-hydrogen) atoms. The zero-order chi connectivity index (χ0) is 18.9. The number of hydrogen-bond donors (Lipinski definition) is 0. The summed E-state index contributed by atoms with van der Waals surface area (Å²) in [5.74, 6) is 4.58. The van der Waals surface area contributed by atoms with Crippen molar-refractivity contribution in [2.24, 2.45) is 0 Å². The highest BCUT2D eigenvalue weighted by atomic mass is 16.5. The van der Waals surface area contributed by atoms with Gasteiger partial charge in [0.05, 0.1) is 13.2 Å². The number of piperazine rings is 1. The van der Waals surface area contributed by atoms with E-state index < -0.39 is 0 Å². The van der Waals surface area contributed by atoms with Crippen LogP contribution in [0.1, 0.15) is 30.3 Å². The van der Waals surface area contributed by atoms with Crippen LogP contribution in [-0.4, -0.2) is 72.6 Å². The highest BCUT2D eigenvalue weighted by Gasteiger charge is 2.28. The SMILES string of the molecule is Cc1cc(N2CCN(c3ccc(N4CCOCC4)nn3)CC2)nc(C2CC2)n1. The zero-order valence-corrected chi connectivity index (χ0v) is 16.4. The molecule has 0 bridgehead atoms. The molecule has 0 atom stereocenters. The molecule has 2 aliphatic heterocycles. The Morgan fingerprint density at radius 1 is 0.786 bits per heavy atom. The molecule has 2 aromatic heterocycles. The second-order valence-corrected chi connectivity index (χ2v) is 7.82. The van der Waals surface area contributed by atoms with Crippen molar-refractivity contribution in [1.29, 1.82) is 0 Å². The molecular weight excluding hydrogens is 354 g/mol. The summed E-state index contributed by atoms with van der Waals surface area (Å²) in [7, 11) is 0. The highest BCUT2D eigenvalue weighted by Crippen LogP contribution is 2.38. The molecule has 8 heteroatoms. The Kier molecular flexibility index (Phi) is 4.72. The van der Waals surface area contributed by atoms with Crippen molar-refractivity contribution in [1.82, 2.24) is 20.2 Å². The van der Waals surface area contributed by atoms with E-state index in [0.29, 0.717) is 5.92 Å². The van der Waals surface area contributed by atoms with Gasteiger partial charge in [-0.15, -0.1) is 10.2 Å². The summed E-state index contributed by atoms with van der Waals surface area (Å²) < 4.78 is 5.41. The van der Waals surface area contributed by atoms with Crippen LogP contribution >= 0.6 is 0 Å². The number of aryl methyl sites for hydroxylation is 1. The van der Waals surface area contributed by atoms with Gasteiger partial charge in [-0.05, 0) is 31.9 Å². The fourth-order valence-electron chi connectivity index (χ4n) is 3.87. The van der Waals surface area contributed by atoms with Gasteiger partial charge in [0.25, 0.3) is 0 Å². The summed E-state index contributed by atoms with van der Waals surface area (Å²) >= 11 is 0. The highest BCUT2D eigenvalue weighted by molar-refractivity contribution is 5.48. The van der Waals surface area contributed by atoms with E-state index in [1.54, 1.807) is 0 Å². The van der Waals surface area contributed by atoms with Crippen molar-refractivity contribution >= 4 is 17.5 Å². The van der Waals surface area contributed by atoms with Crippen LogP contribution in [0.2, 0.25) is 0 Å². The molecule has 2 aromatic rings. The third-order valence-corrected chi connectivity index (χ3v) is 5.70. The van der Waals surface area contributed by atoms with Gasteiger partial charge in [0.15, 0.2) is 11.6 Å². The second-order valence-electron chi connectivity index (χ2n) is 7.82. The first-order valence-corrected chi connectivity index (χ1v) is 10.3. The van der Waals surface area contributed by atoms with E-state index in [1.165, 1.54) is 12.8 Å². The molecule has 5 rings (SSSR count). The first-order valence-electron chi connectivity index (χ1n) is 10.3. The van der Waals surface area contributed by atoms with E-state index in [1.807, 2.05) is 0 Å². The Bertz CT molecular complexity index is 810. The van der Waals surface area contributed by atoms with Gasteiger partial charge in [-0.3, -0.25) is 0 Å². The van der Waals surface area contributed by atoms with E-state index in [-0.39, 0.29) is 0 Å². The van der Waals surface area contributed by atoms with Crippen LogP contribution in [0.15, 0.2) is 18.2 Å². The number of aromatic nitrogens is 4. The summed E-state index contributed by atoms with van der Waals surface area (Å²) in [5.41, 5.74) is 1.07. The number of hydrogen-bond acceptors (Lipinski definition) is 8.